The first-order chi connectivity index (χ1) is 9.29. The molecule has 0 saturated heterocycles. The highest BCUT2D eigenvalue weighted by Crippen LogP contribution is 2.29. The molecule has 0 amide bonds. The highest BCUT2D eigenvalue weighted by Gasteiger charge is 2.27. The fourth-order valence-corrected chi connectivity index (χ4v) is 3.42. The zero-order valence-corrected chi connectivity index (χ0v) is 11.9. The number of aromatic nitrogens is 2. The van der Waals surface area contributed by atoms with Crippen LogP contribution < -0.4 is 5.32 Å². The van der Waals surface area contributed by atoms with Crippen LogP contribution in [-0.4, -0.2) is 22.1 Å². The summed E-state index contributed by atoms with van der Waals surface area (Å²) in [6, 6.07) is 9.10. The summed E-state index contributed by atoms with van der Waals surface area (Å²) in [6.07, 6.45) is 5.11. The highest BCUT2D eigenvalue weighted by molar-refractivity contribution is 5.75. The molecule has 3 heteroatoms. The number of aryl methyl sites for hydroxylation is 1. The van der Waals surface area contributed by atoms with E-state index in [0.717, 1.165) is 24.4 Å². The van der Waals surface area contributed by atoms with Gasteiger partial charge in [0.1, 0.15) is 5.82 Å². The van der Waals surface area contributed by atoms with Crippen LogP contribution in [0.5, 0.6) is 0 Å². The summed E-state index contributed by atoms with van der Waals surface area (Å²) in [4.78, 5) is 4.81. The Morgan fingerprint density at radius 3 is 2.95 bits per heavy atom. The van der Waals surface area contributed by atoms with Gasteiger partial charge in [0.15, 0.2) is 0 Å². The maximum atomic E-state index is 4.81. The molecule has 0 aliphatic heterocycles. The average molecular weight is 257 g/mol. The zero-order chi connectivity index (χ0) is 13.2. The summed E-state index contributed by atoms with van der Waals surface area (Å²) in [6.45, 7) is 3.27. The van der Waals surface area contributed by atoms with E-state index in [4.69, 9.17) is 4.98 Å². The molecule has 3 nitrogen and oxygen atoms in total. The monoisotopic (exact) mass is 257 g/mol. The molecule has 1 aliphatic rings. The topological polar surface area (TPSA) is 29.9 Å². The number of hydrogen-bond donors (Lipinski definition) is 1. The van der Waals surface area contributed by atoms with Crippen molar-refractivity contribution >= 4 is 11.0 Å². The molecule has 0 spiro atoms. The molecule has 0 radical (unpaired) electrons. The number of benzene rings is 1. The molecule has 1 aliphatic carbocycles. The summed E-state index contributed by atoms with van der Waals surface area (Å²) < 4.78 is 2.26. The van der Waals surface area contributed by atoms with Gasteiger partial charge in [0.25, 0.3) is 0 Å². The van der Waals surface area contributed by atoms with E-state index < -0.39 is 0 Å². The summed E-state index contributed by atoms with van der Waals surface area (Å²) >= 11 is 0. The van der Waals surface area contributed by atoms with Crippen LogP contribution in [0, 0.1) is 5.92 Å². The van der Waals surface area contributed by atoms with Crippen molar-refractivity contribution in [3.63, 3.8) is 0 Å². The summed E-state index contributed by atoms with van der Waals surface area (Å²) in [7, 11) is 2.14. The third-order valence-electron chi connectivity index (χ3n) is 4.45. The van der Waals surface area contributed by atoms with Crippen molar-refractivity contribution < 1.29 is 0 Å². The van der Waals surface area contributed by atoms with E-state index in [1.54, 1.807) is 0 Å². The SMILES string of the molecule is CCNC1CCCC1Cc1nc2ccccc2n1C. The molecule has 1 aromatic heterocycles. The van der Waals surface area contributed by atoms with Gasteiger partial charge >= 0.3 is 0 Å². The predicted molar refractivity (Wildman–Crippen MR) is 79.2 cm³/mol. The minimum absolute atomic E-state index is 0.685. The number of nitrogens with zero attached hydrogens (tertiary/aromatic N) is 2. The second-order valence-corrected chi connectivity index (χ2v) is 5.64. The molecule has 1 heterocycles. The van der Waals surface area contributed by atoms with Gasteiger partial charge in [-0.05, 0) is 37.4 Å². The van der Waals surface area contributed by atoms with Gasteiger partial charge in [0.05, 0.1) is 11.0 Å². The quantitative estimate of drug-likeness (QED) is 0.912. The Morgan fingerprint density at radius 2 is 2.16 bits per heavy atom. The van der Waals surface area contributed by atoms with Crippen molar-refractivity contribution in [3.8, 4) is 0 Å². The molecular formula is C16H23N3. The van der Waals surface area contributed by atoms with Gasteiger partial charge < -0.3 is 9.88 Å². The molecule has 3 rings (SSSR count). The fourth-order valence-electron chi connectivity index (χ4n) is 3.42. The van der Waals surface area contributed by atoms with Crippen molar-refractivity contribution in [1.82, 2.24) is 14.9 Å². The van der Waals surface area contributed by atoms with Gasteiger partial charge in [-0.15, -0.1) is 0 Å². The second kappa shape index (κ2) is 5.33. The van der Waals surface area contributed by atoms with Crippen molar-refractivity contribution in [3.05, 3.63) is 30.1 Å². The Balaban J connectivity index is 1.83. The number of nitrogens with one attached hydrogen (secondary N) is 1. The normalized spacial score (nSPS) is 23.3. The van der Waals surface area contributed by atoms with Crippen molar-refractivity contribution in [2.24, 2.45) is 13.0 Å². The van der Waals surface area contributed by atoms with E-state index in [0.29, 0.717) is 6.04 Å². The summed E-state index contributed by atoms with van der Waals surface area (Å²) in [5.74, 6) is 1.98. The first kappa shape index (κ1) is 12.7. The van der Waals surface area contributed by atoms with Gasteiger partial charge in [0.2, 0.25) is 0 Å². The Hall–Kier alpha value is -1.35. The molecule has 1 fully saturated rings. The van der Waals surface area contributed by atoms with Crippen LogP contribution in [0.1, 0.15) is 32.0 Å². The van der Waals surface area contributed by atoms with E-state index in [9.17, 15) is 0 Å². The summed E-state index contributed by atoms with van der Waals surface area (Å²) in [5, 5.41) is 3.63. The standard InChI is InChI=1S/C16H23N3/c1-3-17-13-9-6-7-12(13)11-16-18-14-8-4-5-10-15(14)19(16)2/h4-5,8,10,12-13,17H,3,6-7,9,11H2,1-2H3. The van der Waals surface area contributed by atoms with Crippen LogP contribution in [0.2, 0.25) is 0 Å². The lowest BCUT2D eigenvalue weighted by molar-refractivity contribution is 0.397. The van der Waals surface area contributed by atoms with E-state index in [2.05, 4.69) is 48.1 Å². The Kier molecular flexibility index (Phi) is 3.56. The maximum Gasteiger partial charge on any atom is 0.109 e. The van der Waals surface area contributed by atoms with Gasteiger partial charge in [-0.2, -0.15) is 0 Å². The second-order valence-electron chi connectivity index (χ2n) is 5.64. The number of rotatable bonds is 4. The van der Waals surface area contributed by atoms with Crippen LogP contribution in [0.15, 0.2) is 24.3 Å². The van der Waals surface area contributed by atoms with Crippen LogP contribution >= 0.6 is 0 Å². The largest absolute Gasteiger partial charge is 0.331 e. The molecule has 0 bridgehead atoms. The lowest BCUT2D eigenvalue weighted by Crippen LogP contribution is -2.33. The van der Waals surface area contributed by atoms with E-state index in [1.165, 1.54) is 30.6 Å². The first-order valence-corrected chi connectivity index (χ1v) is 7.43. The van der Waals surface area contributed by atoms with Crippen molar-refractivity contribution in [2.75, 3.05) is 6.54 Å². The van der Waals surface area contributed by atoms with Gasteiger partial charge in [-0.1, -0.05) is 25.5 Å². The molecular weight excluding hydrogens is 234 g/mol. The molecule has 2 aromatic rings. The van der Waals surface area contributed by atoms with E-state index in [1.807, 2.05) is 0 Å². The van der Waals surface area contributed by atoms with Crippen LogP contribution in [0.4, 0.5) is 0 Å². The van der Waals surface area contributed by atoms with Crippen molar-refractivity contribution in [2.45, 2.75) is 38.6 Å². The lowest BCUT2D eigenvalue weighted by atomic mass is 9.99. The molecule has 2 unspecified atom stereocenters. The molecule has 1 aromatic carbocycles. The van der Waals surface area contributed by atoms with Crippen molar-refractivity contribution in [1.29, 1.82) is 0 Å². The van der Waals surface area contributed by atoms with E-state index in [-0.39, 0.29) is 0 Å². The Labute approximate surface area is 115 Å². The predicted octanol–water partition coefficient (Wildman–Crippen LogP) is 2.89. The van der Waals surface area contributed by atoms with Gasteiger partial charge in [0, 0.05) is 19.5 Å². The lowest BCUT2D eigenvalue weighted by Gasteiger charge is -2.20. The van der Waals surface area contributed by atoms with Crippen LogP contribution in [-0.2, 0) is 13.5 Å². The number of fused-ring (bicyclic) bond motifs is 1. The number of hydrogen-bond acceptors (Lipinski definition) is 2. The zero-order valence-electron chi connectivity index (χ0n) is 11.9. The van der Waals surface area contributed by atoms with Gasteiger partial charge in [-0.25, -0.2) is 4.98 Å². The first-order valence-electron chi connectivity index (χ1n) is 7.43. The summed E-state index contributed by atoms with van der Waals surface area (Å²) in [5.41, 5.74) is 2.37. The smallest absolute Gasteiger partial charge is 0.109 e. The fraction of sp³-hybridized carbons (Fsp3) is 0.562. The third-order valence-corrected chi connectivity index (χ3v) is 4.45. The van der Waals surface area contributed by atoms with Crippen LogP contribution in [0.3, 0.4) is 0 Å². The third kappa shape index (κ3) is 2.39. The number of imidazole rings is 1. The minimum atomic E-state index is 0.685. The molecule has 1 saturated carbocycles. The van der Waals surface area contributed by atoms with E-state index >= 15 is 0 Å². The average Bonchev–Trinajstić information content (AvgIpc) is 2.98. The maximum absolute atomic E-state index is 4.81. The number of para-hydroxylation sites is 2. The van der Waals surface area contributed by atoms with Crippen LogP contribution in [0.25, 0.3) is 11.0 Å². The molecule has 102 valence electrons. The Morgan fingerprint density at radius 1 is 1.32 bits per heavy atom. The molecule has 2 atom stereocenters. The molecule has 1 N–H and O–H groups in total. The van der Waals surface area contributed by atoms with Gasteiger partial charge in [-0.3, -0.25) is 0 Å². The minimum Gasteiger partial charge on any atom is -0.331 e. The molecule has 19 heavy (non-hydrogen) atoms. The highest BCUT2D eigenvalue weighted by atomic mass is 15.1. The Bertz CT molecular complexity index is 558.